The van der Waals surface area contributed by atoms with Crippen molar-refractivity contribution in [1.82, 2.24) is 5.32 Å². The molecule has 114 valence electrons. The first-order valence-corrected chi connectivity index (χ1v) is 8.17. The molecule has 22 heavy (non-hydrogen) atoms. The van der Waals surface area contributed by atoms with Crippen LogP contribution in [0.3, 0.4) is 0 Å². The van der Waals surface area contributed by atoms with Crippen LogP contribution in [0.2, 0.25) is 5.02 Å². The summed E-state index contributed by atoms with van der Waals surface area (Å²) in [7, 11) is 0. The minimum absolute atomic E-state index is 0.0676. The second-order valence-electron chi connectivity index (χ2n) is 6.02. The van der Waals surface area contributed by atoms with Gasteiger partial charge in [-0.1, -0.05) is 66.9 Å². The quantitative estimate of drug-likeness (QED) is 0.879. The number of rotatable bonds is 4. The van der Waals surface area contributed by atoms with Gasteiger partial charge >= 0.3 is 0 Å². The minimum atomic E-state index is -0.0900. The maximum atomic E-state index is 12.4. The van der Waals surface area contributed by atoms with E-state index in [-0.39, 0.29) is 11.3 Å². The topological polar surface area (TPSA) is 29.1 Å². The van der Waals surface area contributed by atoms with E-state index in [0.717, 1.165) is 12.8 Å². The number of halogens is 1. The molecule has 3 rings (SSSR count). The Kier molecular flexibility index (Phi) is 4.49. The summed E-state index contributed by atoms with van der Waals surface area (Å²) in [4.78, 5) is 12.4. The van der Waals surface area contributed by atoms with Gasteiger partial charge in [-0.05, 0) is 30.5 Å². The van der Waals surface area contributed by atoms with Crippen molar-refractivity contribution in [1.29, 1.82) is 0 Å². The van der Waals surface area contributed by atoms with Crippen LogP contribution in [-0.4, -0.2) is 12.5 Å². The van der Waals surface area contributed by atoms with E-state index in [1.54, 1.807) is 12.1 Å². The lowest BCUT2D eigenvalue weighted by molar-refractivity contribution is 0.0943. The molecule has 0 aromatic heterocycles. The summed E-state index contributed by atoms with van der Waals surface area (Å²) in [5.41, 5.74) is 1.94. The van der Waals surface area contributed by atoms with Crippen molar-refractivity contribution in [2.24, 2.45) is 0 Å². The van der Waals surface area contributed by atoms with Crippen molar-refractivity contribution in [3.63, 3.8) is 0 Å². The molecule has 1 N–H and O–H groups in total. The summed E-state index contributed by atoms with van der Waals surface area (Å²) in [5, 5.41) is 3.60. The van der Waals surface area contributed by atoms with Crippen molar-refractivity contribution in [3.8, 4) is 0 Å². The smallest absolute Gasteiger partial charge is 0.252 e. The number of hydrogen-bond acceptors (Lipinski definition) is 1. The molecular weight excluding hydrogens is 294 g/mol. The summed E-state index contributed by atoms with van der Waals surface area (Å²) in [5.74, 6) is -0.0900. The van der Waals surface area contributed by atoms with Crippen LogP contribution >= 0.6 is 11.6 Å². The molecule has 3 heteroatoms. The molecule has 1 fully saturated rings. The zero-order chi connectivity index (χ0) is 15.4. The predicted molar refractivity (Wildman–Crippen MR) is 90.4 cm³/mol. The molecule has 0 heterocycles. The van der Waals surface area contributed by atoms with E-state index >= 15 is 0 Å². The fraction of sp³-hybridized carbons (Fsp3) is 0.316. The SMILES string of the molecule is O=C(NCC1(c2ccccc2)CCCC1)c1ccccc1Cl. The Morgan fingerprint density at radius 1 is 1.00 bits per heavy atom. The maximum absolute atomic E-state index is 12.4. The monoisotopic (exact) mass is 313 g/mol. The van der Waals surface area contributed by atoms with Crippen LogP contribution in [-0.2, 0) is 5.41 Å². The van der Waals surface area contributed by atoms with Gasteiger partial charge in [0.1, 0.15) is 0 Å². The Morgan fingerprint density at radius 3 is 2.32 bits per heavy atom. The Bertz CT molecular complexity index is 647. The fourth-order valence-corrected chi connectivity index (χ4v) is 3.62. The van der Waals surface area contributed by atoms with Crippen molar-refractivity contribution in [2.45, 2.75) is 31.1 Å². The van der Waals surface area contributed by atoms with E-state index in [4.69, 9.17) is 11.6 Å². The number of nitrogens with one attached hydrogen (secondary N) is 1. The molecule has 0 radical (unpaired) electrons. The zero-order valence-corrected chi connectivity index (χ0v) is 13.3. The van der Waals surface area contributed by atoms with Gasteiger partial charge in [-0.15, -0.1) is 0 Å². The maximum Gasteiger partial charge on any atom is 0.252 e. The third-order valence-electron chi connectivity index (χ3n) is 4.65. The van der Waals surface area contributed by atoms with Crippen LogP contribution in [0.5, 0.6) is 0 Å². The highest BCUT2D eigenvalue weighted by Gasteiger charge is 2.35. The number of carbonyl (C=O) groups excluding carboxylic acids is 1. The van der Waals surface area contributed by atoms with Gasteiger partial charge in [0.2, 0.25) is 0 Å². The predicted octanol–water partition coefficient (Wildman–Crippen LogP) is 4.58. The first-order chi connectivity index (χ1) is 10.7. The second kappa shape index (κ2) is 6.53. The highest BCUT2D eigenvalue weighted by Crippen LogP contribution is 2.40. The molecule has 0 unspecified atom stereocenters. The Hall–Kier alpha value is -1.80. The number of hydrogen-bond donors (Lipinski definition) is 1. The molecule has 0 aliphatic heterocycles. The molecule has 2 aromatic rings. The van der Waals surface area contributed by atoms with Crippen LogP contribution < -0.4 is 5.32 Å². The molecule has 1 saturated carbocycles. The Labute approximate surface area is 136 Å². The minimum Gasteiger partial charge on any atom is -0.351 e. The van der Waals surface area contributed by atoms with E-state index in [0.29, 0.717) is 17.1 Å². The first-order valence-electron chi connectivity index (χ1n) is 7.80. The van der Waals surface area contributed by atoms with Crippen molar-refractivity contribution in [3.05, 3.63) is 70.7 Å². The zero-order valence-electron chi connectivity index (χ0n) is 12.5. The van der Waals surface area contributed by atoms with Crippen LogP contribution in [0.4, 0.5) is 0 Å². The van der Waals surface area contributed by atoms with Crippen molar-refractivity contribution >= 4 is 17.5 Å². The molecule has 1 aliphatic carbocycles. The third kappa shape index (κ3) is 3.02. The normalized spacial score (nSPS) is 16.4. The molecular formula is C19H20ClNO. The van der Waals surface area contributed by atoms with Gasteiger partial charge in [0, 0.05) is 12.0 Å². The molecule has 0 spiro atoms. The lowest BCUT2D eigenvalue weighted by atomic mass is 9.79. The van der Waals surface area contributed by atoms with Crippen LogP contribution in [0, 0.1) is 0 Å². The average molecular weight is 314 g/mol. The lowest BCUT2D eigenvalue weighted by Crippen LogP contribution is -2.39. The standard InChI is InChI=1S/C19H20ClNO/c20-17-11-5-4-10-16(17)18(22)21-14-19(12-6-7-13-19)15-8-2-1-3-9-15/h1-5,8-11H,6-7,12-14H2,(H,21,22). The van der Waals surface area contributed by atoms with E-state index in [1.165, 1.54) is 18.4 Å². The molecule has 0 saturated heterocycles. The van der Waals surface area contributed by atoms with Crippen LogP contribution in [0.15, 0.2) is 54.6 Å². The fourth-order valence-electron chi connectivity index (χ4n) is 3.40. The number of amides is 1. The largest absolute Gasteiger partial charge is 0.351 e. The lowest BCUT2D eigenvalue weighted by Gasteiger charge is -2.30. The van der Waals surface area contributed by atoms with Crippen molar-refractivity contribution < 1.29 is 4.79 Å². The summed E-state index contributed by atoms with van der Waals surface area (Å²) in [6, 6.07) is 17.7. The molecule has 1 amide bonds. The third-order valence-corrected chi connectivity index (χ3v) is 4.98. The average Bonchev–Trinajstić information content (AvgIpc) is 3.04. The van der Waals surface area contributed by atoms with Gasteiger partial charge in [-0.3, -0.25) is 4.79 Å². The Morgan fingerprint density at radius 2 is 1.64 bits per heavy atom. The molecule has 0 atom stereocenters. The second-order valence-corrected chi connectivity index (χ2v) is 6.42. The van der Waals surface area contributed by atoms with Gasteiger partial charge in [-0.25, -0.2) is 0 Å². The number of benzene rings is 2. The van der Waals surface area contributed by atoms with Crippen molar-refractivity contribution in [2.75, 3.05) is 6.54 Å². The van der Waals surface area contributed by atoms with E-state index < -0.39 is 0 Å². The van der Waals surface area contributed by atoms with Gasteiger partial charge in [0.05, 0.1) is 10.6 Å². The molecule has 0 bridgehead atoms. The Balaban J connectivity index is 1.76. The van der Waals surface area contributed by atoms with Crippen LogP contribution in [0.25, 0.3) is 0 Å². The van der Waals surface area contributed by atoms with E-state index in [9.17, 15) is 4.79 Å². The highest BCUT2D eigenvalue weighted by atomic mass is 35.5. The van der Waals surface area contributed by atoms with Crippen LogP contribution in [0.1, 0.15) is 41.6 Å². The van der Waals surface area contributed by atoms with Gasteiger partial charge in [0.15, 0.2) is 0 Å². The van der Waals surface area contributed by atoms with E-state index in [1.807, 2.05) is 18.2 Å². The van der Waals surface area contributed by atoms with Gasteiger partial charge in [-0.2, -0.15) is 0 Å². The first kappa shape index (κ1) is 15.1. The van der Waals surface area contributed by atoms with Gasteiger partial charge < -0.3 is 5.32 Å². The number of carbonyl (C=O) groups is 1. The molecule has 2 aromatic carbocycles. The summed E-state index contributed by atoms with van der Waals surface area (Å²) in [6.45, 7) is 0.668. The molecule has 2 nitrogen and oxygen atoms in total. The van der Waals surface area contributed by atoms with E-state index in [2.05, 4.69) is 29.6 Å². The molecule has 1 aliphatic rings. The van der Waals surface area contributed by atoms with Gasteiger partial charge in [0.25, 0.3) is 5.91 Å². The highest BCUT2D eigenvalue weighted by molar-refractivity contribution is 6.33. The summed E-state index contributed by atoms with van der Waals surface area (Å²) >= 11 is 6.11. The summed E-state index contributed by atoms with van der Waals surface area (Å²) in [6.07, 6.45) is 4.69. The summed E-state index contributed by atoms with van der Waals surface area (Å²) < 4.78 is 0.